The molecule has 14 heavy (non-hydrogen) atoms. The summed E-state index contributed by atoms with van der Waals surface area (Å²) in [6, 6.07) is 3.46. The van der Waals surface area contributed by atoms with E-state index in [2.05, 4.69) is 4.98 Å². The maximum atomic E-state index is 11.8. The van der Waals surface area contributed by atoms with Gasteiger partial charge in [0.05, 0.1) is 19.8 Å². The van der Waals surface area contributed by atoms with Crippen LogP contribution in [0.3, 0.4) is 0 Å². The van der Waals surface area contributed by atoms with Crippen LogP contribution in [-0.4, -0.2) is 36.7 Å². The van der Waals surface area contributed by atoms with Gasteiger partial charge in [0.15, 0.2) is 5.78 Å². The van der Waals surface area contributed by atoms with E-state index in [1.807, 2.05) is 0 Å². The van der Waals surface area contributed by atoms with Gasteiger partial charge in [-0.25, -0.2) is 0 Å². The minimum Gasteiger partial charge on any atom is -0.376 e. The van der Waals surface area contributed by atoms with Gasteiger partial charge in [-0.2, -0.15) is 0 Å². The van der Waals surface area contributed by atoms with Gasteiger partial charge in [-0.05, 0) is 12.1 Å². The average Bonchev–Trinajstić information content (AvgIpc) is 2.30. The Morgan fingerprint density at radius 3 is 3.07 bits per heavy atom. The molecule has 0 spiro atoms. The maximum absolute atomic E-state index is 11.8. The summed E-state index contributed by atoms with van der Waals surface area (Å²) < 4.78 is 10.5. The van der Waals surface area contributed by atoms with Crippen molar-refractivity contribution < 1.29 is 14.3 Å². The molecule has 0 aliphatic carbocycles. The molecule has 0 aromatic carbocycles. The molecular formula is C10H11NO3. The molecule has 4 heteroatoms. The minimum absolute atomic E-state index is 0.0576. The number of Topliss-reactive ketones (excluding diaryl/α,β-unsaturated/α-hetero) is 1. The molecule has 1 fully saturated rings. The molecule has 0 N–H and O–H groups in total. The molecule has 0 radical (unpaired) electrons. The number of carbonyl (C=O) groups excluding carboxylic acids is 1. The van der Waals surface area contributed by atoms with Crippen LogP contribution in [0, 0.1) is 0 Å². The number of pyridine rings is 1. The summed E-state index contributed by atoms with van der Waals surface area (Å²) in [5.41, 5.74) is 0.572. The highest BCUT2D eigenvalue weighted by atomic mass is 16.6. The van der Waals surface area contributed by atoms with Gasteiger partial charge < -0.3 is 9.47 Å². The SMILES string of the molecule is O=C(c1cccnc1)C1COCCO1. The van der Waals surface area contributed by atoms with Crippen molar-refractivity contribution in [3.8, 4) is 0 Å². The summed E-state index contributed by atoms with van der Waals surface area (Å²) in [5.74, 6) is -0.0576. The lowest BCUT2D eigenvalue weighted by atomic mass is 10.1. The molecule has 0 amide bonds. The second-order valence-corrected chi connectivity index (χ2v) is 3.04. The first-order chi connectivity index (χ1) is 6.88. The standard InChI is InChI=1S/C10H11NO3/c12-10(8-2-1-3-11-6-8)9-7-13-4-5-14-9/h1-3,6,9H,4-5,7H2. The number of ketones is 1. The van der Waals surface area contributed by atoms with Gasteiger partial charge >= 0.3 is 0 Å². The van der Waals surface area contributed by atoms with E-state index >= 15 is 0 Å². The zero-order valence-electron chi connectivity index (χ0n) is 7.68. The molecule has 2 rings (SSSR count). The van der Waals surface area contributed by atoms with E-state index in [4.69, 9.17) is 9.47 Å². The molecule has 1 aromatic heterocycles. The Hall–Kier alpha value is -1.26. The van der Waals surface area contributed by atoms with Crippen molar-refractivity contribution >= 4 is 5.78 Å². The fraction of sp³-hybridized carbons (Fsp3) is 0.400. The Morgan fingerprint density at radius 1 is 1.50 bits per heavy atom. The zero-order valence-corrected chi connectivity index (χ0v) is 7.68. The lowest BCUT2D eigenvalue weighted by Gasteiger charge is -2.21. The van der Waals surface area contributed by atoms with Crippen molar-refractivity contribution in [3.05, 3.63) is 30.1 Å². The molecule has 0 bridgehead atoms. The van der Waals surface area contributed by atoms with Gasteiger partial charge in [0.1, 0.15) is 6.10 Å². The van der Waals surface area contributed by atoms with E-state index in [9.17, 15) is 4.79 Å². The van der Waals surface area contributed by atoms with Crippen LogP contribution >= 0.6 is 0 Å². The van der Waals surface area contributed by atoms with Crippen LogP contribution in [0.15, 0.2) is 24.5 Å². The number of carbonyl (C=O) groups is 1. The number of rotatable bonds is 2. The molecule has 1 atom stereocenters. The summed E-state index contributed by atoms with van der Waals surface area (Å²) in [6.45, 7) is 1.39. The van der Waals surface area contributed by atoms with E-state index in [-0.39, 0.29) is 5.78 Å². The fourth-order valence-electron chi connectivity index (χ4n) is 1.33. The van der Waals surface area contributed by atoms with E-state index in [1.165, 1.54) is 0 Å². The van der Waals surface area contributed by atoms with Crippen molar-refractivity contribution in [3.63, 3.8) is 0 Å². The van der Waals surface area contributed by atoms with Crippen LogP contribution in [0.1, 0.15) is 10.4 Å². The van der Waals surface area contributed by atoms with Crippen molar-refractivity contribution in [1.82, 2.24) is 4.98 Å². The van der Waals surface area contributed by atoms with Gasteiger partial charge in [-0.1, -0.05) is 0 Å². The van der Waals surface area contributed by atoms with Crippen molar-refractivity contribution in [2.45, 2.75) is 6.10 Å². The van der Waals surface area contributed by atoms with Crippen LogP contribution in [0.25, 0.3) is 0 Å². The Labute approximate surface area is 81.9 Å². The fourth-order valence-corrected chi connectivity index (χ4v) is 1.33. The van der Waals surface area contributed by atoms with Gasteiger partial charge in [0.25, 0.3) is 0 Å². The highest BCUT2D eigenvalue weighted by molar-refractivity contribution is 5.99. The normalized spacial score (nSPS) is 21.9. The number of aromatic nitrogens is 1. The minimum atomic E-state index is -0.465. The first kappa shape index (κ1) is 9.30. The van der Waals surface area contributed by atoms with Crippen LogP contribution in [0.4, 0.5) is 0 Å². The third-order valence-electron chi connectivity index (χ3n) is 2.05. The number of hydrogen-bond donors (Lipinski definition) is 0. The van der Waals surface area contributed by atoms with Crippen LogP contribution in [0.5, 0.6) is 0 Å². The first-order valence-electron chi connectivity index (χ1n) is 4.51. The lowest BCUT2D eigenvalue weighted by Crippen LogP contribution is -2.35. The van der Waals surface area contributed by atoms with Gasteiger partial charge in [0, 0.05) is 18.0 Å². The van der Waals surface area contributed by atoms with Crippen molar-refractivity contribution in [2.24, 2.45) is 0 Å². The molecule has 1 saturated heterocycles. The molecule has 1 unspecified atom stereocenters. The Balaban J connectivity index is 2.07. The van der Waals surface area contributed by atoms with Crippen LogP contribution < -0.4 is 0 Å². The molecule has 0 saturated carbocycles. The molecule has 4 nitrogen and oxygen atoms in total. The summed E-state index contributed by atoms with van der Waals surface area (Å²) in [7, 11) is 0. The summed E-state index contributed by atoms with van der Waals surface area (Å²) in [6.07, 6.45) is 2.71. The quantitative estimate of drug-likeness (QED) is 0.648. The maximum Gasteiger partial charge on any atom is 0.195 e. The third-order valence-corrected chi connectivity index (χ3v) is 2.05. The second kappa shape index (κ2) is 4.30. The van der Waals surface area contributed by atoms with E-state index in [1.54, 1.807) is 24.5 Å². The Bertz CT molecular complexity index is 306. The molecule has 1 aliphatic heterocycles. The Kier molecular flexibility index (Phi) is 2.86. The van der Waals surface area contributed by atoms with E-state index < -0.39 is 6.10 Å². The molecule has 1 aromatic rings. The molecule has 74 valence electrons. The Morgan fingerprint density at radius 2 is 2.43 bits per heavy atom. The van der Waals surface area contributed by atoms with Gasteiger partial charge in [0.2, 0.25) is 0 Å². The summed E-state index contributed by atoms with van der Waals surface area (Å²) in [5, 5.41) is 0. The second-order valence-electron chi connectivity index (χ2n) is 3.04. The lowest BCUT2D eigenvalue weighted by molar-refractivity contribution is -0.0719. The van der Waals surface area contributed by atoms with Gasteiger partial charge in [-0.3, -0.25) is 9.78 Å². The topological polar surface area (TPSA) is 48.4 Å². The summed E-state index contributed by atoms with van der Waals surface area (Å²) >= 11 is 0. The van der Waals surface area contributed by atoms with Crippen LogP contribution in [0.2, 0.25) is 0 Å². The highest BCUT2D eigenvalue weighted by Crippen LogP contribution is 2.08. The number of hydrogen-bond acceptors (Lipinski definition) is 4. The van der Waals surface area contributed by atoms with Crippen molar-refractivity contribution in [1.29, 1.82) is 0 Å². The van der Waals surface area contributed by atoms with Crippen LogP contribution in [-0.2, 0) is 9.47 Å². The molecule has 2 heterocycles. The average molecular weight is 193 g/mol. The monoisotopic (exact) mass is 193 g/mol. The van der Waals surface area contributed by atoms with E-state index in [0.29, 0.717) is 25.4 Å². The predicted octanol–water partition coefficient (Wildman–Crippen LogP) is 0.680. The van der Waals surface area contributed by atoms with Gasteiger partial charge in [-0.15, -0.1) is 0 Å². The zero-order chi connectivity index (χ0) is 9.80. The van der Waals surface area contributed by atoms with Crippen molar-refractivity contribution in [2.75, 3.05) is 19.8 Å². The third kappa shape index (κ3) is 1.97. The number of nitrogens with zero attached hydrogens (tertiary/aromatic N) is 1. The highest BCUT2D eigenvalue weighted by Gasteiger charge is 2.23. The molecule has 1 aliphatic rings. The van der Waals surface area contributed by atoms with E-state index in [0.717, 1.165) is 0 Å². The largest absolute Gasteiger partial charge is 0.376 e. The first-order valence-corrected chi connectivity index (χ1v) is 4.51. The predicted molar refractivity (Wildman–Crippen MR) is 49.1 cm³/mol. The molecular weight excluding hydrogens is 182 g/mol. The smallest absolute Gasteiger partial charge is 0.195 e. The number of ether oxygens (including phenoxy) is 2. The summed E-state index contributed by atoms with van der Waals surface area (Å²) in [4.78, 5) is 15.6.